The van der Waals surface area contributed by atoms with Gasteiger partial charge in [0, 0.05) is 16.6 Å². The molecule has 92 valence electrons. The van der Waals surface area contributed by atoms with E-state index in [2.05, 4.69) is 5.32 Å². The van der Waals surface area contributed by atoms with E-state index in [1.807, 2.05) is 13.0 Å². The van der Waals surface area contributed by atoms with Gasteiger partial charge in [0.25, 0.3) is 0 Å². The molecule has 4 nitrogen and oxygen atoms in total. The van der Waals surface area contributed by atoms with Crippen molar-refractivity contribution in [2.75, 3.05) is 11.5 Å². The maximum absolute atomic E-state index is 12.0. The van der Waals surface area contributed by atoms with E-state index in [0.717, 1.165) is 18.4 Å². The van der Waals surface area contributed by atoms with Crippen molar-refractivity contribution in [3.63, 3.8) is 0 Å². The third kappa shape index (κ3) is 3.30. The van der Waals surface area contributed by atoms with Gasteiger partial charge in [0.15, 0.2) is 0 Å². The van der Waals surface area contributed by atoms with E-state index < -0.39 is 10.8 Å². The van der Waals surface area contributed by atoms with Crippen molar-refractivity contribution in [1.82, 2.24) is 5.32 Å². The summed E-state index contributed by atoms with van der Waals surface area (Å²) in [6.07, 6.45) is 2.07. The van der Waals surface area contributed by atoms with E-state index in [0.29, 0.717) is 16.6 Å². The zero-order valence-electron chi connectivity index (χ0n) is 9.73. The first-order valence-corrected chi connectivity index (χ1v) is 6.92. The fourth-order valence-corrected chi connectivity index (χ4v) is 2.73. The summed E-state index contributed by atoms with van der Waals surface area (Å²) >= 11 is 0. The first kappa shape index (κ1) is 12.1. The highest BCUT2D eigenvalue weighted by Gasteiger charge is 2.24. The number of carbonyl (C=O) groups is 1. The Morgan fingerprint density at radius 3 is 2.88 bits per heavy atom. The van der Waals surface area contributed by atoms with E-state index in [-0.39, 0.29) is 11.7 Å². The highest BCUT2D eigenvalue weighted by molar-refractivity contribution is 7.85. The number of nitrogen functional groups attached to an aromatic ring is 1. The number of nitrogens with two attached hydrogens (primary N) is 1. The predicted octanol–water partition coefficient (Wildman–Crippen LogP) is 0.963. The molecule has 0 bridgehead atoms. The highest BCUT2D eigenvalue weighted by Crippen LogP contribution is 2.19. The molecule has 3 N–H and O–H groups in total. The Kier molecular flexibility index (Phi) is 3.47. The Morgan fingerprint density at radius 1 is 1.53 bits per heavy atom. The van der Waals surface area contributed by atoms with Crippen LogP contribution in [-0.2, 0) is 15.6 Å². The number of hydrogen-bond donors (Lipinski definition) is 2. The minimum absolute atomic E-state index is 0.0147. The second-order valence-corrected chi connectivity index (χ2v) is 5.78. The number of benzene rings is 1. The molecule has 1 unspecified atom stereocenters. The summed E-state index contributed by atoms with van der Waals surface area (Å²) in [6.45, 7) is 1.87. The minimum Gasteiger partial charge on any atom is -0.399 e. The van der Waals surface area contributed by atoms with Crippen LogP contribution in [0.3, 0.4) is 0 Å². The number of aryl methyl sites for hydroxylation is 1. The van der Waals surface area contributed by atoms with E-state index in [1.54, 1.807) is 12.1 Å². The Labute approximate surface area is 103 Å². The van der Waals surface area contributed by atoms with Crippen LogP contribution in [0, 0.1) is 6.92 Å². The molecule has 5 heteroatoms. The van der Waals surface area contributed by atoms with Crippen molar-refractivity contribution in [3.05, 3.63) is 23.8 Å². The van der Waals surface area contributed by atoms with Crippen LogP contribution in [0.2, 0.25) is 0 Å². The van der Waals surface area contributed by atoms with Crippen LogP contribution in [0.25, 0.3) is 0 Å². The van der Waals surface area contributed by atoms with Gasteiger partial charge in [0.05, 0.1) is 10.8 Å². The molecule has 0 aromatic heterocycles. The molecule has 1 aromatic carbocycles. The van der Waals surface area contributed by atoms with Gasteiger partial charge in [0.2, 0.25) is 5.91 Å². The average Bonchev–Trinajstić information content (AvgIpc) is 3.05. The predicted molar refractivity (Wildman–Crippen MR) is 68.0 cm³/mol. The fraction of sp³-hybridized carbons (Fsp3) is 0.417. The summed E-state index contributed by atoms with van der Waals surface area (Å²) in [7, 11) is -1.32. The van der Waals surface area contributed by atoms with Gasteiger partial charge in [-0.2, -0.15) is 0 Å². The molecule has 1 amide bonds. The topological polar surface area (TPSA) is 72.2 Å². The van der Waals surface area contributed by atoms with Crippen LogP contribution in [0.4, 0.5) is 5.69 Å². The molecule has 2 rings (SSSR count). The van der Waals surface area contributed by atoms with Crippen molar-refractivity contribution >= 4 is 22.4 Å². The van der Waals surface area contributed by atoms with E-state index in [4.69, 9.17) is 5.73 Å². The van der Waals surface area contributed by atoms with Crippen LogP contribution in [-0.4, -0.2) is 21.9 Å². The molecule has 0 spiro atoms. The number of anilines is 1. The molecule has 0 heterocycles. The Balaban J connectivity index is 2.02. The Hall–Kier alpha value is -1.36. The number of hydrogen-bond acceptors (Lipinski definition) is 3. The summed E-state index contributed by atoms with van der Waals surface area (Å²) in [5.41, 5.74) is 7.12. The molecule has 1 aliphatic rings. The van der Waals surface area contributed by atoms with Gasteiger partial charge >= 0.3 is 0 Å². The molecule has 1 fully saturated rings. The highest BCUT2D eigenvalue weighted by atomic mass is 32.2. The van der Waals surface area contributed by atoms with Crippen LogP contribution in [0.15, 0.2) is 23.1 Å². The molecule has 1 aromatic rings. The van der Waals surface area contributed by atoms with Crippen LogP contribution in [0.1, 0.15) is 18.4 Å². The van der Waals surface area contributed by atoms with Crippen molar-refractivity contribution in [1.29, 1.82) is 0 Å². The maximum Gasteiger partial charge on any atom is 0.233 e. The molecule has 0 saturated heterocycles. The van der Waals surface area contributed by atoms with Gasteiger partial charge < -0.3 is 11.1 Å². The summed E-state index contributed by atoms with van der Waals surface area (Å²) in [5.74, 6) is -0.131. The van der Waals surface area contributed by atoms with Crippen LogP contribution >= 0.6 is 0 Å². The number of amides is 1. The van der Waals surface area contributed by atoms with Crippen LogP contribution in [0.5, 0.6) is 0 Å². The van der Waals surface area contributed by atoms with Gasteiger partial charge in [-0.1, -0.05) is 6.07 Å². The molecule has 17 heavy (non-hydrogen) atoms. The second kappa shape index (κ2) is 4.87. The lowest BCUT2D eigenvalue weighted by molar-refractivity contribution is -0.118. The van der Waals surface area contributed by atoms with Crippen molar-refractivity contribution in [2.45, 2.75) is 30.7 Å². The number of carbonyl (C=O) groups excluding carboxylic acids is 1. The van der Waals surface area contributed by atoms with Crippen molar-refractivity contribution in [2.24, 2.45) is 0 Å². The summed E-state index contributed by atoms with van der Waals surface area (Å²) in [4.78, 5) is 12.2. The first-order valence-electron chi connectivity index (χ1n) is 5.60. The van der Waals surface area contributed by atoms with Gasteiger partial charge in [-0.25, -0.2) is 0 Å². The van der Waals surface area contributed by atoms with Crippen molar-refractivity contribution in [3.8, 4) is 0 Å². The van der Waals surface area contributed by atoms with E-state index >= 15 is 0 Å². The molecular weight excluding hydrogens is 236 g/mol. The zero-order valence-corrected chi connectivity index (χ0v) is 10.5. The summed E-state index contributed by atoms with van der Waals surface area (Å²) < 4.78 is 12.0. The number of nitrogens with one attached hydrogen (secondary N) is 1. The van der Waals surface area contributed by atoms with E-state index in [1.165, 1.54) is 0 Å². The van der Waals surface area contributed by atoms with Crippen molar-refractivity contribution < 1.29 is 9.00 Å². The lowest BCUT2D eigenvalue weighted by Gasteiger charge is -2.07. The number of rotatable bonds is 4. The maximum atomic E-state index is 12.0. The molecule has 0 aliphatic heterocycles. The van der Waals surface area contributed by atoms with E-state index in [9.17, 15) is 9.00 Å². The third-order valence-corrected chi connectivity index (χ3v) is 4.12. The lowest BCUT2D eigenvalue weighted by atomic mass is 10.2. The minimum atomic E-state index is -1.32. The van der Waals surface area contributed by atoms with Crippen LogP contribution < -0.4 is 11.1 Å². The SMILES string of the molecule is Cc1ccc(N)cc1S(=O)CC(=O)NC1CC1. The normalized spacial score (nSPS) is 16.5. The molecule has 0 radical (unpaired) electrons. The van der Waals surface area contributed by atoms with Gasteiger partial charge in [-0.05, 0) is 37.5 Å². The second-order valence-electron chi connectivity index (χ2n) is 4.36. The average molecular weight is 252 g/mol. The lowest BCUT2D eigenvalue weighted by Crippen LogP contribution is -2.30. The quantitative estimate of drug-likeness (QED) is 0.784. The smallest absolute Gasteiger partial charge is 0.233 e. The standard InChI is InChI=1S/C12H16N2O2S/c1-8-2-3-9(13)6-11(8)17(16)7-12(15)14-10-4-5-10/h2-3,6,10H,4-5,7,13H2,1H3,(H,14,15). The Morgan fingerprint density at radius 2 is 2.24 bits per heavy atom. The monoisotopic (exact) mass is 252 g/mol. The van der Waals surface area contributed by atoms with Gasteiger partial charge in [-0.3, -0.25) is 9.00 Å². The molecular formula is C12H16N2O2S. The third-order valence-electron chi connectivity index (χ3n) is 2.66. The molecule has 1 saturated carbocycles. The fourth-order valence-electron chi connectivity index (χ4n) is 1.56. The summed E-state index contributed by atoms with van der Waals surface area (Å²) in [6, 6.07) is 5.57. The zero-order chi connectivity index (χ0) is 12.4. The Bertz CT molecular complexity index is 470. The summed E-state index contributed by atoms with van der Waals surface area (Å²) in [5, 5.41) is 2.83. The largest absolute Gasteiger partial charge is 0.399 e. The molecule has 1 atom stereocenters. The first-order chi connectivity index (χ1) is 8.06. The molecule has 1 aliphatic carbocycles. The van der Waals surface area contributed by atoms with Gasteiger partial charge in [-0.15, -0.1) is 0 Å². The van der Waals surface area contributed by atoms with Gasteiger partial charge in [0.1, 0.15) is 5.75 Å².